The molecule has 0 saturated heterocycles. The van der Waals surface area contributed by atoms with Gasteiger partial charge < -0.3 is 15.7 Å². The summed E-state index contributed by atoms with van der Waals surface area (Å²) in [6.45, 7) is 8.70. The highest BCUT2D eigenvalue weighted by molar-refractivity contribution is 5.76. The fraction of sp³-hybridized carbons (Fsp3) is 0.909. The van der Waals surface area contributed by atoms with Crippen LogP contribution in [0.2, 0.25) is 0 Å². The topological polar surface area (TPSA) is 61.4 Å². The van der Waals surface area contributed by atoms with Crippen molar-refractivity contribution in [1.82, 2.24) is 10.6 Å². The first-order valence-corrected chi connectivity index (χ1v) is 5.61. The van der Waals surface area contributed by atoms with Crippen molar-refractivity contribution in [2.45, 2.75) is 46.2 Å². The number of hydrogen-bond acceptors (Lipinski definition) is 3. The van der Waals surface area contributed by atoms with E-state index in [4.69, 9.17) is 5.11 Å². The Balaban J connectivity index is 3.64. The van der Waals surface area contributed by atoms with Gasteiger partial charge in [0.05, 0.1) is 6.61 Å². The minimum atomic E-state index is 0.0537. The van der Waals surface area contributed by atoms with Gasteiger partial charge in [0.2, 0.25) is 5.91 Å². The molecule has 90 valence electrons. The van der Waals surface area contributed by atoms with Crippen molar-refractivity contribution in [3.8, 4) is 0 Å². The lowest BCUT2D eigenvalue weighted by Crippen LogP contribution is -2.40. The summed E-state index contributed by atoms with van der Waals surface area (Å²) >= 11 is 0. The molecule has 1 atom stereocenters. The van der Waals surface area contributed by atoms with Gasteiger partial charge >= 0.3 is 0 Å². The fourth-order valence-electron chi connectivity index (χ4n) is 1.28. The lowest BCUT2D eigenvalue weighted by Gasteiger charge is -2.19. The van der Waals surface area contributed by atoms with Gasteiger partial charge in [-0.05, 0) is 19.8 Å². The van der Waals surface area contributed by atoms with Crippen LogP contribution in [0, 0.1) is 5.92 Å². The number of nitrogens with one attached hydrogen (secondary N) is 2. The van der Waals surface area contributed by atoms with Crippen LogP contribution in [0.4, 0.5) is 0 Å². The summed E-state index contributed by atoms with van der Waals surface area (Å²) in [6, 6.07) is 0.271. The minimum absolute atomic E-state index is 0.0537. The molecule has 0 aromatic heterocycles. The van der Waals surface area contributed by atoms with Crippen LogP contribution in [0.15, 0.2) is 0 Å². The lowest BCUT2D eigenvalue weighted by atomic mass is 10.1. The highest BCUT2D eigenvalue weighted by Gasteiger charge is 2.11. The number of amides is 1. The van der Waals surface area contributed by atoms with E-state index in [9.17, 15) is 4.79 Å². The molecule has 4 heteroatoms. The van der Waals surface area contributed by atoms with Crippen LogP contribution in [0.25, 0.3) is 0 Å². The fourth-order valence-corrected chi connectivity index (χ4v) is 1.28. The molecule has 0 rings (SSSR count). The summed E-state index contributed by atoms with van der Waals surface area (Å²) in [5, 5.41) is 15.0. The Morgan fingerprint density at radius 2 is 1.87 bits per heavy atom. The Labute approximate surface area is 92.4 Å². The molecule has 0 saturated carbocycles. The van der Waals surface area contributed by atoms with E-state index < -0.39 is 0 Å². The van der Waals surface area contributed by atoms with Crippen molar-refractivity contribution < 1.29 is 9.90 Å². The molecule has 0 aromatic carbocycles. The average molecular weight is 216 g/mol. The standard InChI is InChI=1S/C11H24N2O2/c1-8(2)10(7-14)12-6-5-11(15)13-9(3)4/h8-10,12,14H,5-7H2,1-4H3,(H,13,15)/t10-/m1/s1. The Morgan fingerprint density at radius 3 is 2.27 bits per heavy atom. The Hall–Kier alpha value is -0.610. The van der Waals surface area contributed by atoms with Gasteiger partial charge in [-0.15, -0.1) is 0 Å². The molecule has 0 spiro atoms. The molecule has 0 aliphatic heterocycles. The molecule has 1 amide bonds. The van der Waals surface area contributed by atoms with Crippen LogP contribution < -0.4 is 10.6 Å². The van der Waals surface area contributed by atoms with Crippen molar-refractivity contribution in [3.05, 3.63) is 0 Å². The molecule has 0 aliphatic rings. The third kappa shape index (κ3) is 7.33. The Kier molecular flexibility index (Phi) is 7.34. The van der Waals surface area contributed by atoms with Crippen molar-refractivity contribution in [2.75, 3.05) is 13.2 Å². The SMILES string of the molecule is CC(C)NC(=O)CCN[C@H](CO)C(C)C. The maximum atomic E-state index is 11.3. The van der Waals surface area contributed by atoms with E-state index in [1.54, 1.807) is 0 Å². The second-order valence-electron chi connectivity index (χ2n) is 4.46. The van der Waals surface area contributed by atoms with Crippen molar-refractivity contribution in [3.63, 3.8) is 0 Å². The van der Waals surface area contributed by atoms with E-state index in [-0.39, 0.29) is 24.6 Å². The number of carbonyl (C=O) groups excluding carboxylic acids is 1. The van der Waals surface area contributed by atoms with Gasteiger partial charge in [-0.25, -0.2) is 0 Å². The third-order valence-corrected chi connectivity index (χ3v) is 2.21. The van der Waals surface area contributed by atoms with Crippen LogP contribution in [-0.4, -0.2) is 36.2 Å². The predicted molar refractivity (Wildman–Crippen MR) is 61.6 cm³/mol. The molecule has 0 heterocycles. The lowest BCUT2D eigenvalue weighted by molar-refractivity contribution is -0.121. The zero-order valence-electron chi connectivity index (χ0n) is 10.2. The van der Waals surface area contributed by atoms with Crippen LogP contribution in [0.1, 0.15) is 34.1 Å². The largest absolute Gasteiger partial charge is 0.395 e. The van der Waals surface area contributed by atoms with Crippen LogP contribution in [-0.2, 0) is 4.79 Å². The first-order chi connectivity index (χ1) is 6.97. The molecular formula is C11H24N2O2. The van der Waals surface area contributed by atoms with Crippen LogP contribution >= 0.6 is 0 Å². The van der Waals surface area contributed by atoms with E-state index in [0.717, 1.165) is 0 Å². The third-order valence-electron chi connectivity index (χ3n) is 2.21. The summed E-state index contributed by atoms with van der Waals surface area (Å²) in [6.07, 6.45) is 0.460. The van der Waals surface area contributed by atoms with E-state index in [1.807, 2.05) is 27.7 Å². The van der Waals surface area contributed by atoms with Crippen molar-refractivity contribution in [1.29, 1.82) is 0 Å². The smallest absolute Gasteiger partial charge is 0.221 e. The minimum Gasteiger partial charge on any atom is -0.395 e. The van der Waals surface area contributed by atoms with E-state index in [1.165, 1.54) is 0 Å². The second-order valence-corrected chi connectivity index (χ2v) is 4.46. The molecule has 0 bridgehead atoms. The van der Waals surface area contributed by atoms with Gasteiger partial charge in [-0.2, -0.15) is 0 Å². The number of rotatable bonds is 7. The predicted octanol–water partition coefficient (Wildman–Crippen LogP) is 0.508. The first-order valence-electron chi connectivity index (χ1n) is 5.61. The number of carbonyl (C=O) groups is 1. The summed E-state index contributed by atoms with van der Waals surface area (Å²) in [4.78, 5) is 11.3. The highest BCUT2D eigenvalue weighted by Crippen LogP contribution is 1.99. The van der Waals surface area contributed by atoms with E-state index in [2.05, 4.69) is 10.6 Å². The van der Waals surface area contributed by atoms with Gasteiger partial charge in [-0.1, -0.05) is 13.8 Å². The van der Waals surface area contributed by atoms with Gasteiger partial charge in [0.25, 0.3) is 0 Å². The molecule has 4 nitrogen and oxygen atoms in total. The highest BCUT2D eigenvalue weighted by atomic mass is 16.3. The van der Waals surface area contributed by atoms with Gasteiger partial charge in [0, 0.05) is 25.0 Å². The molecule has 3 N–H and O–H groups in total. The van der Waals surface area contributed by atoms with Gasteiger partial charge in [-0.3, -0.25) is 4.79 Å². The second kappa shape index (κ2) is 7.65. The summed E-state index contributed by atoms with van der Waals surface area (Å²) in [5.74, 6) is 0.432. The summed E-state index contributed by atoms with van der Waals surface area (Å²) in [7, 11) is 0. The Morgan fingerprint density at radius 1 is 1.27 bits per heavy atom. The molecule has 0 unspecified atom stereocenters. The average Bonchev–Trinajstić information content (AvgIpc) is 2.10. The van der Waals surface area contributed by atoms with Crippen molar-refractivity contribution >= 4 is 5.91 Å². The normalized spacial score (nSPS) is 13.3. The van der Waals surface area contributed by atoms with E-state index in [0.29, 0.717) is 18.9 Å². The van der Waals surface area contributed by atoms with Crippen molar-refractivity contribution in [2.24, 2.45) is 5.92 Å². The maximum absolute atomic E-state index is 11.3. The summed E-state index contributed by atoms with van der Waals surface area (Å²) < 4.78 is 0. The van der Waals surface area contributed by atoms with Crippen LogP contribution in [0.3, 0.4) is 0 Å². The molecule has 0 radical (unpaired) electrons. The molecule has 0 aliphatic carbocycles. The maximum Gasteiger partial charge on any atom is 0.221 e. The summed E-state index contributed by atoms with van der Waals surface area (Å²) in [5.41, 5.74) is 0. The first kappa shape index (κ1) is 14.4. The number of aliphatic hydroxyl groups is 1. The molecule has 15 heavy (non-hydrogen) atoms. The molecular weight excluding hydrogens is 192 g/mol. The van der Waals surface area contributed by atoms with Crippen LogP contribution in [0.5, 0.6) is 0 Å². The monoisotopic (exact) mass is 216 g/mol. The van der Waals surface area contributed by atoms with E-state index >= 15 is 0 Å². The number of aliphatic hydroxyl groups excluding tert-OH is 1. The molecule has 0 aromatic rings. The molecule has 0 fully saturated rings. The quantitative estimate of drug-likeness (QED) is 0.581. The van der Waals surface area contributed by atoms with Gasteiger partial charge in [0.1, 0.15) is 0 Å². The van der Waals surface area contributed by atoms with Gasteiger partial charge in [0.15, 0.2) is 0 Å². The zero-order chi connectivity index (χ0) is 11.8. The zero-order valence-corrected chi connectivity index (χ0v) is 10.2. The number of hydrogen-bond donors (Lipinski definition) is 3. The Bertz CT molecular complexity index is 181.